The molecule has 0 fully saturated rings. The predicted octanol–water partition coefficient (Wildman–Crippen LogP) is 2.80. The summed E-state index contributed by atoms with van der Waals surface area (Å²) in [6.45, 7) is 6.05. The van der Waals surface area contributed by atoms with Gasteiger partial charge < -0.3 is 25.9 Å². The number of hydrogen-bond donors (Lipinski definition) is 3. The molecule has 1 aromatic heterocycles. The van der Waals surface area contributed by atoms with E-state index < -0.39 is 0 Å². The first-order chi connectivity index (χ1) is 13.2. The molecule has 0 radical (unpaired) electrons. The number of nitrogens with one attached hydrogen (secondary N) is 1. The van der Waals surface area contributed by atoms with Gasteiger partial charge in [0.25, 0.3) is 5.91 Å². The first kappa shape index (κ1) is 19.5. The van der Waals surface area contributed by atoms with Crippen LogP contribution in [-0.4, -0.2) is 24.7 Å². The third kappa shape index (κ3) is 3.85. The van der Waals surface area contributed by atoms with Crippen LogP contribution in [0.1, 0.15) is 47.7 Å². The van der Waals surface area contributed by atoms with Crippen molar-refractivity contribution >= 4 is 23.3 Å². The number of fused-ring (bicyclic) bond motifs is 1. The van der Waals surface area contributed by atoms with Crippen LogP contribution in [0.5, 0.6) is 5.75 Å². The predicted molar refractivity (Wildman–Crippen MR) is 109 cm³/mol. The fourth-order valence-corrected chi connectivity index (χ4v) is 3.46. The summed E-state index contributed by atoms with van der Waals surface area (Å²) in [4.78, 5) is 12.9. The molecule has 0 saturated heterocycles. The Bertz CT molecular complexity index is 968. The number of rotatable bonds is 4. The van der Waals surface area contributed by atoms with Crippen LogP contribution in [0.15, 0.2) is 38.9 Å². The summed E-state index contributed by atoms with van der Waals surface area (Å²) in [5, 5.41) is 10.9. The van der Waals surface area contributed by atoms with Gasteiger partial charge in [-0.3, -0.25) is 4.79 Å². The van der Waals surface area contributed by atoms with Gasteiger partial charge in [0, 0.05) is 17.5 Å². The fourth-order valence-electron chi connectivity index (χ4n) is 3.46. The van der Waals surface area contributed by atoms with Gasteiger partial charge in [-0.25, -0.2) is 0 Å². The number of furan rings is 1. The molecule has 148 valence electrons. The van der Waals surface area contributed by atoms with Crippen LogP contribution in [0, 0.1) is 12.3 Å². The summed E-state index contributed by atoms with van der Waals surface area (Å²) in [6, 6.07) is 7.20. The van der Waals surface area contributed by atoms with Crippen molar-refractivity contribution in [1.29, 1.82) is 0 Å². The van der Waals surface area contributed by atoms with Crippen molar-refractivity contribution in [1.82, 2.24) is 0 Å². The monoisotopic (exact) mass is 383 g/mol. The molecule has 8 heteroatoms. The zero-order valence-electron chi connectivity index (χ0n) is 16.5. The van der Waals surface area contributed by atoms with Crippen LogP contribution in [0.4, 0.5) is 5.69 Å². The van der Waals surface area contributed by atoms with Crippen LogP contribution in [0.3, 0.4) is 0 Å². The van der Waals surface area contributed by atoms with Gasteiger partial charge in [0.2, 0.25) is 5.96 Å². The van der Waals surface area contributed by atoms with Gasteiger partial charge in [-0.2, -0.15) is 5.10 Å². The second-order valence-corrected chi connectivity index (χ2v) is 7.60. The van der Waals surface area contributed by atoms with Crippen molar-refractivity contribution in [3.8, 4) is 5.75 Å². The molecule has 5 N–H and O–H groups in total. The van der Waals surface area contributed by atoms with E-state index in [9.17, 15) is 4.79 Å². The second-order valence-electron chi connectivity index (χ2n) is 7.60. The highest BCUT2D eigenvalue weighted by Gasteiger charge is 2.36. The zero-order valence-corrected chi connectivity index (χ0v) is 16.5. The topological polar surface area (TPSA) is 128 Å². The molecule has 1 aromatic carbocycles. The molecule has 0 atom stereocenters. The Balaban J connectivity index is 2.00. The van der Waals surface area contributed by atoms with Crippen LogP contribution >= 0.6 is 0 Å². The van der Waals surface area contributed by atoms with E-state index in [1.54, 1.807) is 19.2 Å². The Morgan fingerprint density at radius 3 is 2.64 bits per heavy atom. The molecule has 3 rings (SSSR count). The molecule has 0 spiro atoms. The number of guanidine groups is 1. The van der Waals surface area contributed by atoms with E-state index in [2.05, 4.69) is 29.4 Å². The molecule has 0 aliphatic heterocycles. The minimum atomic E-state index is -0.351. The third-order valence-corrected chi connectivity index (χ3v) is 4.64. The number of anilines is 1. The first-order valence-electron chi connectivity index (χ1n) is 8.94. The number of amides is 1. The van der Waals surface area contributed by atoms with Crippen LogP contribution in [0.25, 0.3) is 0 Å². The van der Waals surface area contributed by atoms with Crippen molar-refractivity contribution in [2.24, 2.45) is 27.1 Å². The van der Waals surface area contributed by atoms with Crippen molar-refractivity contribution < 1.29 is 13.9 Å². The lowest BCUT2D eigenvalue weighted by molar-refractivity contribution is 0.0992. The Hall–Kier alpha value is -3.29. The van der Waals surface area contributed by atoms with Crippen LogP contribution in [0.2, 0.25) is 0 Å². The maximum absolute atomic E-state index is 12.9. The maximum atomic E-state index is 12.9. The summed E-state index contributed by atoms with van der Waals surface area (Å²) < 4.78 is 11.3. The fraction of sp³-hybridized carbons (Fsp3) is 0.350. The summed E-state index contributed by atoms with van der Waals surface area (Å²) in [6.07, 6.45) is 1.36. The number of carbonyl (C=O) groups is 1. The van der Waals surface area contributed by atoms with Gasteiger partial charge in [0.1, 0.15) is 11.5 Å². The smallest absolute Gasteiger partial charge is 0.291 e. The number of para-hydroxylation sites is 2. The van der Waals surface area contributed by atoms with E-state index in [1.807, 2.05) is 19.1 Å². The molecule has 8 nitrogen and oxygen atoms in total. The minimum absolute atomic E-state index is 0.0919. The van der Waals surface area contributed by atoms with Crippen molar-refractivity contribution in [3.63, 3.8) is 0 Å². The van der Waals surface area contributed by atoms with Gasteiger partial charge in [0.05, 0.1) is 18.5 Å². The Kier molecular flexibility index (Phi) is 5.13. The molecule has 28 heavy (non-hydrogen) atoms. The van der Waals surface area contributed by atoms with E-state index in [-0.39, 0.29) is 23.0 Å². The van der Waals surface area contributed by atoms with Crippen LogP contribution < -0.4 is 21.5 Å². The molecule has 1 aliphatic carbocycles. The Morgan fingerprint density at radius 1 is 1.25 bits per heavy atom. The maximum Gasteiger partial charge on any atom is 0.291 e. The number of carbonyl (C=O) groups excluding carboxylic acids is 1. The summed E-state index contributed by atoms with van der Waals surface area (Å²) in [5.41, 5.74) is 13.5. The SMILES string of the molecule is COc1ccccc1NC(=O)c1oc2c(c1C)/C(=N\N=C(N)N)CC(C)(C)C2. The molecular formula is C20H25N5O3. The van der Waals surface area contributed by atoms with Gasteiger partial charge in [-0.05, 0) is 30.9 Å². The average molecular weight is 383 g/mol. The second kappa shape index (κ2) is 7.38. The number of ether oxygens (including phenoxy) is 1. The van der Waals surface area contributed by atoms with E-state index >= 15 is 0 Å². The minimum Gasteiger partial charge on any atom is -0.495 e. The molecular weight excluding hydrogens is 358 g/mol. The van der Waals surface area contributed by atoms with Gasteiger partial charge in [-0.1, -0.05) is 26.0 Å². The standard InChI is InChI=1S/C20H25N5O3/c1-11-16-13(24-25-19(21)22)9-20(2,3)10-15(16)28-17(11)18(26)23-12-7-5-6-8-14(12)27-4/h5-8H,9-10H2,1-4H3,(H,23,26)(H4,21,22,25)/b24-13-. The lowest BCUT2D eigenvalue weighted by atomic mass is 9.75. The zero-order chi connectivity index (χ0) is 20.5. The molecule has 1 aliphatic rings. The van der Waals surface area contributed by atoms with E-state index in [4.69, 9.17) is 20.6 Å². The molecule has 1 amide bonds. The quantitative estimate of drug-likeness (QED) is 0.425. The number of methoxy groups -OCH3 is 1. The van der Waals surface area contributed by atoms with Gasteiger partial charge >= 0.3 is 0 Å². The van der Waals surface area contributed by atoms with Crippen molar-refractivity contribution in [2.45, 2.75) is 33.6 Å². The van der Waals surface area contributed by atoms with Gasteiger partial charge in [-0.15, -0.1) is 5.10 Å². The average Bonchev–Trinajstić information content (AvgIpc) is 2.95. The Labute approximate surface area is 163 Å². The number of nitrogens with zero attached hydrogens (tertiary/aromatic N) is 2. The van der Waals surface area contributed by atoms with Gasteiger partial charge in [0.15, 0.2) is 5.76 Å². The molecule has 2 aromatic rings. The number of nitrogens with two attached hydrogens (primary N) is 2. The highest BCUT2D eigenvalue weighted by atomic mass is 16.5. The van der Waals surface area contributed by atoms with Crippen LogP contribution in [-0.2, 0) is 6.42 Å². The first-order valence-corrected chi connectivity index (χ1v) is 8.94. The molecule has 0 saturated carbocycles. The van der Waals surface area contributed by atoms with E-state index in [0.29, 0.717) is 41.3 Å². The van der Waals surface area contributed by atoms with E-state index in [0.717, 1.165) is 5.56 Å². The van der Waals surface area contributed by atoms with E-state index in [1.165, 1.54) is 0 Å². The molecule has 0 bridgehead atoms. The Morgan fingerprint density at radius 2 is 1.96 bits per heavy atom. The van der Waals surface area contributed by atoms with Crippen molar-refractivity contribution in [2.75, 3.05) is 12.4 Å². The molecule has 0 unspecified atom stereocenters. The third-order valence-electron chi connectivity index (χ3n) is 4.64. The highest BCUT2D eigenvalue weighted by Crippen LogP contribution is 2.39. The lowest BCUT2D eigenvalue weighted by Crippen LogP contribution is -2.27. The van der Waals surface area contributed by atoms with Crippen molar-refractivity contribution in [3.05, 3.63) is 46.9 Å². The lowest BCUT2D eigenvalue weighted by Gasteiger charge is -2.29. The molecule has 1 heterocycles. The largest absolute Gasteiger partial charge is 0.495 e. The summed E-state index contributed by atoms with van der Waals surface area (Å²) in [5.74, 6) is 1.05. The summed E-state index contributed by atoms with van der Waals surface area (Å²) in [7, 11) is 1.55. The normalized spacial score (nSPS) is 16.4. The summed E-state index contributed by atoms with van der Waals surface area (Å²) >= 11 is 0. The number of benzene rings is 1. The highest BCUT2D eigenvalue weighted by molar-refractivity contribution is 6.09. The number of hydrogen-bond acceptors (Lipinski definition) is 5.